The number of rotatable bonds is 5. The van der Waals surface area contributed by atoms with E-state index in [-0.39, 0.29) is 12.3 Å². The zero-order valence-corrected chi connectivity index (χ0v) is 11.8. The Morgan fingerprint density at radius 2 is 2.00 bits per heavy atom. The Kier molecular flexibility index (Phi) is 4.08. The molecule has 0 atom stereocenters. The molecule has 0 bridgehead atoms. The number of hydrogen-bond acceptors (Lipinski definition) is 3. The van der Waals surface area contributed by atoms with Gasteiger partial charge in [0.1, 0.15) is 12.4 Å². The van der Waals surface area contributed by atoms with Crippen LogP contribution in [0.15, 0.2) is 30.3 Å². The fourth-order valence-corrected chi connectivity index (χ4v) is 1.85. The Morgan fingerprint density at radius 1 is 1.35 bits per heavy atom. The van der Waals surface area contributed by atoms with Gasteiger partial charge in [0.05, 0.1) is 5.69 Å². The second-order valence-electron chi connectivity index (χ2n) is 4.96. The standard InChI is InChI=1S/C15H18N2O3/c1-10(2)11-4-6-13(7-5-11)20-9-12-8-14(15(18)19)16-17(12)3/h4-8,10H,9H2,1-3H3,(H,18,19). The van der Waals surface area contributed by atoms with Crippen molar-refractivity contribution >= 4 is 5.97 Å². The van der Waals surface area contributed by atoms with Crippen LogP contribution in [0.1, 0.15) is 41.5 Å². The normalized spacial score (nSPS) is 10.8. The first-order valence-electron chi connectivity index (χ1n) is 6.46. The number of aromatic carboxylic acids is 1. The first kappa shape index (κ1) is 14.1. The van der Waals surface area contributed by atoms with Crippen molar-refractivity contribution in [3.05, 3.63) is 47.3 Å². The third-order valence-electron chi connectivity index (χ3n) is 3.13. The van der Waals surface area contributed by atoms with E-state index in [1.807, 2.05) is 24.3 Å². The quantitative estimate of drug-likeness (QED) is 0.910. The van der Waals surface area contributed by atoms with E-state index in [0.29, 0.717) is 5.92 Å². The number of nitrogens with zero attached hydrogens (tertiary/aromatic N) is 2. The van der Waals surface area contributed by atoms with E-state index in [2.05, 4.69) is 18.9 Å². The van der Waals surface area contributed by atoms with E-state index in [1.165, 1.54) is 16.3 Å². The van der Waals surface area contributed by atoms with Crippen molar-refractivity contribution in [2.45, 2.75) is 26.4 Å². The topological polar surface area (TPSA) is 64.3 Å². The van der Waals surface area contributed by atoms with Gasteiger partial charge in [0.25, 0.3) is 0 Å². The second-order valence-corrected chi connectivity index (χ2v) is 4.96. The van der Waals surface area contributed by atoms with Crippen LogP contribution in [0.25, 0.3) is 0 Å². The molecule has 5 nitrogen and oxygen atoms in total. The zero-order chi connectivity index (χ0) is 14.7. The molecule has 0 aliphatic rings. The van der Waals surface area contributed by atoms with Gasteiger partial charge < -0.3 is 9.84 Å². The molecule has 0 aliphatic heterocycles. The van der Waals surface area contributed by atoms with Crippen molar-refractivity contribution < 1.29 is 14.6 Å². The zero-order valence-electron chi connectivity index (χ0n) is 11.8. The summed E-state index contributed by atoms with van der Waals surface area (Å²) in [6.07, 6.45) is 0. The van der Waals surface area contributed by atoms with Crippen molar-refractivity contribution in [1.29, 1.82) is 0 Å². The first-order valence-corrected chi connectivity index (χ1v) is 6.46. The average Bonchev–Trinajstić information content (AvgIpc) is 2.78. The maximum atomic E-state index is 10.8. The lowest BCUT2D eigenvalue weighted by molar-refractivity contribution is 0.0689. The number of hydrogen-bond donors (Lipinski definition) is 1. The van der Waals surface area contributed by atoms with Gasteiger partial charge in [0.15, 0.2) is 5.69 Å². The largest absolute Gasteiger partial charge is 0.487 e. The number of carboxylic acids is 1. The predicted molar refractivity (Wildman–Crippen MR) is 75.0 cm³/mol. The number of carboxylic acid groups (broad SMARTS) is 1. The third-order valence-corrected chi connectivity index (χ3v) is 3.13. The SMILES string of the molecule is CC(C)c1ccc(OCc2cc(C(=O)O)nn2C)cc1. The molecule has 1 heterocycles. The van der Waals surface area contributed by atoms with Crippen molar-refractivity contribution in [1.82, 2.24) is 9.78 Å². The Morgan fingerprint density at radius 3 is 2.50 bits per heavy atom. The van der Waals surface area contributed by atoms with Gasteiger partial charge in [-0.25, -0.2) is 4.79 Å². The lowest BCUT2D eigenvalue weighted by Gasteiger charge is -2.09. The Bertz CT molecular complexity index is 600. The molecule has 5 heteroatoms. The average molecular weight is 274 g/mol. The van der Waals surface area contributed by atoms with E-state index in [0.717, 1.165) is 11.4 Å². The molecule has 0 unspecified atom stereocenters. The molecule has 0 spiro atoms. The van der Waals surface area contributed by atoms with Gasteiger partial charge in [-0.1, -0.05) is 26.0 Å². The van der Waals surface area contributed by atoms with Crippen LogP contribution in [0.2, 0.25) is 0 Å². The molecule has 1 N–H and O–H groups in total. The van der Waals surface area contributed by atoms with Crippen LogP contribution < -0.4 is 4.74 Å². The molecule has 0 fully saturated rings. The van der Waals surface area contributed by atoms with Crippen LogP contribution in [-0.4, -0.2) is 20.9 Å². The smallest absolute Gasteiger partial charge is 0.356 e. The summed E-state index contributed by atoms with van der Waals surface area (Å²) in [7, 11) is 1.70. The van der Waals surface area contributed by atoms with Gasteiger partial charge in [0, 0.05) is 7.05 Å². The van der Waals surface area contributed by atoms with Crippen LogP contribution in [0.5, 0.6) is 5.75 Å². The minimum absolute atomic E-state index is 0.0289. The maximum absolute atomic E-state index is 10.8. The van der Waals surface area contributed by atoms with Gasteiger partial charge in [-0.3, -0.25) is 4.68 Å². The van der Waals surface area contributed by atoms with Crippen LogP contribution >= 0.6 is 0 Å². The van der Waals surface area contributed by atoms with Crippen molar-refractivity contribution in [2.24, 2.45) is 7.05 Å². The molecule has 1 aromatic carbocycles. The summed E-state index contributed by atoms with van der Waals surface area (Å²) in [5, 5.41) is 12.8. The van der Waals surface area contributed by atoms with Crippen molar-refractivity contribution in [3.63, 3.8) is 0 Å². The van der Waals surface area contributed by atoms with E-state index in [4.69, 9.17) is 9.84 Å². The highest BCUT2D eigenvalue weighted by Crippen LogP contribution is 2.19. The van der Waals surface area contributed by atoms with Crippen molar-refractivity contribution in [3.8, 4) is 5.75 Å². The summed E-state index contributed by atoms with van der Waals surface area (Å²) in [4.78, 5) is 10.8. The number of carbonyl (C=O) groups is 1. The minimum atomic E-state index is -1.03. The molecular formula is C15H18N2O3. The monoisotopic (exact) mass is 274 g/mol. The molecule has 0 saturated carbocycles. The van der Waals surface area contributed by atoms with Crippen LogP contribution in [0.3, 0.4) is 0 Å². The Hall–Kier alpha value is -2.30. The molecule has 1 aromatic heterocycles. The van der Waals surface area contributed by atoms with Gasteiger partial charge in [-0.15, -0.1) is 0 Å². The van der Waals surface area contributed by atoms with Crippen LogP contribution in [0, 0.1) is 0 Å². The molecule has 0 radical (unpaired) electrons. The minimum Gasteiger partial charge on any atom is -0.487 e. The van der Waals surface area contributed by atoms with Gasteiger partial charge in [-0.2, -0.15) is 5.10 Å². The molecule has 20 heavy (non-hydrogen) atoms. The molecule has 2 aromatic rings. The summed E-state index contributed by atoms with van der Waals surface area (Å²) in [6, 6.07) is 9.43. The lowest BCUT2D eigenvalue weighted by Crippen LogP contribution is -2.03. The number of benzene rings is 1. The predicted octanol–water partition coefficient (Wildman–Crippen LogP) is 2.82. The fourth-order valence-electron chi connectivity index (χ4n) is 1.85. The molecule has 0 amide bonds. The van der Waals surface area contributed by atoms with E-state index in [9.17, 15) is 4.79 Å². The molecule has 2 rings (SSSR count). The van der Waals surface area contributed by atoms with Gasteiger partial charge in [-0.05, 0) is 29.7 Å². The Balaban J connectivity index is 2.03. The summed E-state index contributed by atoms with van der Waals surface area (Å²) in [5.41, 5.74) is 2.00. The molecule has 106 valence electrons. The molecule has 0 aliphatic carbocycles. The van der Waals surface area contributed by atoms with Gasteiger partial charge >= 0.3 is 5.97 Å². The maximum Gasteiger partial charge on any atom is 0.356 e. The van der Waals surface area contributed by atoms with E-state index in [1.54, 1.807) is 7.05 Å². The summed E-state index contributed by atoms with van der Waals surface area (Å²) < 4.78 is 7.17. The third kappa shape index (κ3) is 3.17. The highest BCUT2D eigenvalue weighted by molar-refractivity contribution is 5.85. The first-order chi connectivity index (χ1) is 9.47. The molecule has 0 saturated heterocycles. The van der Waals surface area contributed by atoms with Gasteiger partial charge in [0.2, 0.25) is 0 Å². The lowest BCUT2D eigenvalue weighted by atomic mass is 10.0. The summed E-state index contributed by atoms with van der Waals surface area (Å²) >= 11 is 0. The Labute approximate surface area is 117 Å². The second kappa shape index (κ2) is 5.77. The molecular weight excluding hydrogens is 256 g/mol. The highest BCUT2D eigenvalue weighted by Gasteiger charge is 2.11. The van der Waals surface area contributed by atoms with Crippen LogP contribution in [0.4, 0.5) is 0 Å². The number of aryl methyl sites for hydroxylation is 1. The number of aromatic nitrogens is 2. The fraction of sp³-hybridized carbons (Fsp3) is 0.333. The van der Waals surface area contributed by atoms with Crippen LogP contribution in [-0.2, 0) is 13.7 Å². The van der Waals surface area contributed by atoms with E-state index < -0.39 is 5.97 Å². The van der Waals surface area contributed by atoms with Crippen molar-refractivity contribution in [2.75, 3.05) is 0 Å². The summed E-state index contributed by atoms with van der Waals surface area (Å²) in [5.74, 6) is 0.208. The van der Waals surface area contributed by atoms with E-state index >= 15 is 0 Å². The summed E-state index contributed by atoms with van der Waals surface area (Å²) in [6.45, 7) is 4.57. The highest BCUT2D eigenvalue weighted by atomic mass is 16.5. The number of ether oxygens (including phenoxy) is 1.